The second kappa shape index (κ2) is 8.51. The molecule has 0 spiro atoms. The Hall–Kier alpha value is -1.64. The van der Waals surface area contributed by atoms with E-state index >= 15 is 0 Å². The number of nitrogens with zero attached hydrogens (tertiary/aromatic N) is 1. The molecule has 9 heteroatoms. The van der Waals surface area contributed by atoms with Crippen LogP contribution in [0.4, 0.5) is 0 Å². The molecule has 0 aliphatic carbocycles. The van der Waals surface area contributed by atoms with Crippen molar-refractivity contribution in [1.29, 1.82) is 0 Å². The molecule has 0 saturated heterocycles. The summed E-state index contributed by atoms with van der Waals surface area (Å²) in [5, 5.41) is 4.79. The Kier molecular flexibility index (Phi) is 7.82. The van der Waals surface area contributed by atoms with Gasteiger partial charge in [0, 0.05) is 23.5 Å². The normalized spacial score (nSPS) is 12.2. The van der Waals surface area contributed by atoms with Crippen molar-refractivity contribution in [1.82, 2.24) is 10.6 Å². The van der Waals surface area contributed by atoms with Gasteiger partial charge >= 0.3 is 5.97 Å². The van der Waals surface area contributed by atoms with Crippen molar-refractivity contribution >= 4 is 29.7 Å². The zero-order chi connectivity index (χ0) is 15.8. The standard InChI is InChI=1S/C11H19N3O5S/c1-5-19-8(16)6-12-10(17)9(13-7(2)15)11(3,4)20-14-18/h9H,5-6H2,1-4H3,(H,12,17)(H,13,15)/t9-/m1/s1. The molecule has 0 aromatic carbocycles. The third-order valence-corrected chi connectivity index (χ3v) is 3.07. The maximum atomic E-state index is 12.0. The van der Waals surface area contributed by atoms with Crippen LogP contribution in [-0.4, -0.2) is 41.7 Å². The molecular weight excluding hydrogens is 286 g/mol. The lowest BCUT2D eigenvalue weighted by Gasteiger charge is -2.30. The van der Waals surface area contributed by atoms with Gasteiger partial charge in [-0.1, -0.05) is 0 Å². The lowest BCUT2D eigenvalue weighted by molar-refractivity contribution is -0.143. The average Bonchev–Trinajstić information content (AvgIpc) is 2.33. The first kappa shape index (κ1) is 18.4. The van der Waals surface area contributed by atoms with Gasteiger partial charge in [0.15, 0.2) is 0 Å². The zero-order valence-corrected chi connectivity index (χ0v) is 12.7. The van der Waals surface area contributed by atoms with E-state index < -0.39 is 28.6 Å². The molecule has 2 amide bonds. The molecule has 0 radical (unpaired) electrons. The first-order chi connectivity index (χ1) is 9.24. The highest BCUT2D eigenvalue weighted by molar-refractivity contribution is 7.99. The van der Waals surface area contributed by atoms with Crippen molar-refractivity contribution in [2.24, 2.45) is 4.58 Å². The molecular formula is C11H19N3O5S. The van der Waals surface area contributed by atoms with Gasteiger partial charge in [-0.15, -0.1) is 4.91 Å². The summed E-state index contributed by atoms with van der Waals surface area (Å²) in [7, 11) is 0. The summed E-state index contributed by atoms with van der Waals surface area (Å²) < 4.78 is 6.41. The van der Waals surface area contributed by atoms with Crippen LogP contribution in [0, 0.1) is 4.91 Å². The minimum atomic E-state index is -1.00. The summed E-state index contributed by atoms with van der Waals surface area (Å²) >= 11 is 0.634. The van der Waals surface area contributed by atoms with E-state index in [1.807, 2.05) is 0 Å². The molecule has 1 atom stereocenters. The minimum absolute atomic E-state index is 0.209. The monoisotopic (exact) mass is 305 g/mol. The predicted octanol–water partition coefficient (Wildman–Crippen LogP) is 0.364. The van der Waals surface area contributed by atoms with Crippen LogP contribution in [0.25, 0.3) is 0 Å². The zero-order valence-electron chi connectivity index (χ0n) is 11.9. The Balaban J connectivity index is 4.77. The highest BCUT2D eigenvalue weighted by Gasteiger charge is 2.37. The number of nitroso groups, excluding NO2 is 1. The van der Waals surface area contributed by atoms with Gasteiger partial charge < -0.3 is 15.4 Å². The van der Waals surface area contributed by atoms with E-state index in [9.17, 15) is 19.3 Å². The van der Waals surface area contributed by atoms with Crippen LogP contribution in [0.5, 0.6) is 0 Å². The van der Waals surface area contributed by atoms with Crippen molar-refractivity contribution in [3.63, 3.8) is 0 Å². The average molecular weight is 305 g/mol. The number of esters is 1. The van der Waals surface area contributed by atoms with Crippen LogP contribution in [0.2, 0.25) is 0 Å². The molecule has 0 aliphatic heterocycles. The van der Waals surface area contributed by atoms with E-state index in [4.69, 9.17) is 0 Å². The molecule has 0 saturated carbocycles. The van der Waals surface area contributed by atoms with Crippen LogP contribution >= 0.6 is 11.9 Å². The van der Waals surface area contributed by atoms with E-state index in [1.54, 1.807) is 20.8 Å². The SMILES string of the molecule is CCOC(=O)CNC(=O)[C@@H](NC(C)=O)C(C)(C)SN=O. The number of nitrogens with one attached hydrogen (secondary N) is 2. The summed E-state index contributed by atoms with van der Waals surface area (Å²) in [6.07, 6.45) is 0. The molecule has 0 aromatic rings. The molecule has 0 heterocycles. The molecule has 0 unspecified atom stereocenters. The van der Waals surface area contributed by atoms with Gasteiger partial charge in [0.25, 0.3) is 0 Å². The smallest absolute Gasteiger partial charge is 0.325 e. The summed E-state index contributed by atoms with van der Waals surface area (Å²) in [6, 6.07) is -1.00. The summed E-state index contributed by atoms with van der Waals surface area (Å²) in [6.45, 7) is 5.97. The van der Waals surface area contributed by atoms with Crippen molar-refractivity contribution in [2.45, 2.75) is 38.5 Å². The maximum Gasteiger partial charge on any atom is 0.325 e. The predicted molar refractivity (Wildman–Crippen MR) is 74.7 cm³/mol. The first-order valence-electron chi connectivity index (χ1n) is 5.95. The van der Waals surface area contributed by atoms with E-state index in [2.05, 4.69) is 20.0 Å². The number of carbonyl (C=O) groups is 3. The molecule has 8 nitrogen and oxygen atoms in total. The van der Waals surface area contributed by atoms with Gasteiger partial charge in [-0.2, -0.15) is 0 Å². The third-order valence-electron chi connectivity index (χ3n) is 2.29. The molecule has 0 aliphatic rings. The van der Waals surface area contributed by atoms with E-state index in [-0.39, 0.29) is 13.2 Å². The lowest BCUT2D eigenvalue weighted by Crippen LogP contribution is -2.56. The fraction of sp³-hybridized carbons (Fsp3) is 0.727. The Labute approximate surface area is 121 Å². The second-order valence-corrected chi connectivity index (χ2v) is 5.81. The second-order valence-electron chi connectivity index (χ2n) is 4.43. The van der Waals surface area contributed by atoms with Crippen LogP contribution in [0.15, 0.2) is 4.58 Å². The van der Waals surface area contributed by atoms with Crippen LogP contribution in [0.3, 0.4) is 0 Å². The lowest BCUT2D eigenvalue weighted by atomic mass is 10.0. The highest BCUT2D eigenvalue weighted by atomic mass is 32.2. The number of hydrogen-bond acceptors (Lipinski definition) is 7. The highest BCUT2D eigenvalue weighted by Crippen LogP contribution is 2.29. The molecule has 0 aromatic heterocycles. The summed E-state index contributed by atoms with van der Waals surface area (Å²) in [5.41, 5.74) is 0. The number of ether oxygens (including phenoxy) is 1. The third kappa shape index (κ3) is 6.50. The van der Waals surface area contributed by atoms with Gasteiger partial charge in [-0.3, -0.25) is 14.4 Å². The van der Waals surface area contributed by atoms with Gasteiger partial charge in [-0.25, -0.2) is 0 Å². The number of amides is 2. The summed E-state index contributed by atoms with van der Waals surface area (Å²) in [4.78, 5) is 44.7. The van der Waals surface area contributed by atoms with Crippen LogP contribution in [-0.2, 0) is 19.1 Å². The van der Waals surface area contributed by atoms with Crippen molar-refractivity contribution in [2.75, 3.05) is 13.2 Å². The number of hydrogen-bond donors (Lipinski definition) is 2. The first-order valence-corrected chi connectivity index (χ1v) is 6.73. The number of rotatable bonds is 8. The van der Waals surface area contributed by atoms with E-state index in [0.29, 0.717) is 11.9 Å². The van der Waals surface area contributed by atoms with E-state index in [0.717, 1.165) is 0 Å². The Morgan fingerprint density at radius 1 is 1.35 bits per heavy atom. The summed E-state index contributed by atoms with van der Waals surface area (Å²) in [5.74, 6) is -1.60. The van der Waals surface area contributed by atoms with Crippen molar-refractivity contribution in [3.05, 3.63) is 4.91 Å². The van der Waals surface area contributed by atoms with Gasteiger partial charge in [0.05, 0.1) is 11.4 Å². The Bertz CT molecular complexity index is 386. The molecule has 114 valence electrons. The fourth-order valence-corrected chi connectivity index (χ4v) is 1.84. The molecule has 0 bridgehead atoms. The molecule has 0 fully saturated rings. The van der Waals surface area contributed by atoms with Crippen LogP contribution < -0.4 is 10.6 Å². The van der Waals surface area contributed by atoms with Crippen LogP contribution in [0.1, 0.15) is 27.7 Å². The topological polar surface area (TPSA) is 114 Å². The quantitative estimate of drug-likeness (QED) is 0.380. The largest absolute Gasteiger partial charge is 0.465 e. The molecule has 0 rings (SSSR count). The van der Waals surface area contributed by atoms with Gasteiger partial charge in [0.2, 0.25) is 11.8 Å². The maximum absolute atomic E-state index is 12.0. The molecule has 20 heavy (non-hydrogen) atoms. The fourth-order valence-electron chi connectivity index (χ4n) is 1.38. The Morgan fingerprint density at radius 2 is 1.95 bits per heavy atom. The van der Waals surface area contributed by atoms with Gasteiger partial charge in [0.1, 0.15) is 12.6 Å². The Morgan fingerprint density at radius 3 is 2.40 bits per heavy atom. The number of carbonyl (C=O) groups excluding carboxylic acids is 3. The minimum Gasteiger partial charge on any atom is -0.465 e. The van der Waals surface area contributed by atoms with Crippen molar-refractivity contribution in [3.8, 4) is 0 Å². The molecule has 2 N–H and O–H groups in total. The van der Waals surface area contributed by atoms with Crippen molar-refractivity contribution < 1.29 is 19.1 Å². The van der Waals surface area contributed by atoms with E-state index in [1.165, 1.54) is 6.92 Å². The van der Waals surface area contributed by atoms with Gasteiger partial charge in [-0.05, 0) is 20.8 Å².